The number of rotatable bonds is 2. The lowest BCUT2D eigenvalue weighted by atomic mass is 10.1. The fourth-order valence-corrected chi connectivity index (χ4v) is 1.57. The third-order valence-electron chi connectivity index (χ3n) is 2.22. The van der Waals surface area contributed by atoms with E-state index in [4.69, 9.17) is 11.6 Å². The molecule has 0 bridgehead atoms. The van der Waals surface area contributed by atoms with Crippen LogP contribution in [0.3, 0.4) is 0 Å². The molecule has 3 heteroatoms. The van der Waals surface area contributed by atoms with E-state index in [1.807, 2.05) is 6.07 Å². The number of hydrogen-bond donors (Lipinski definition) is 0. The normalized spacial score (nSPS) is 16.5. The molecular formula is C9H11ClN2. The maximum atomic E-state index is 5.75. The van der Waals surface area contributed by atoms with Crippen molar-refractivity contribution in [3.8, 4) is 0 Å². The predicted octanol–water partition coefficient (Wildman–Crippen LogP) is 2.57. The van der Waals surface area contributed by atoms with Crippen LogP contribution >= 0.6 is 11.6 Å². The van der Waals surface area contributed by atoms with Gasteiger partial charge in [-0.15, -0.1) is 5.10 Å². The second-order valence-corrected chi connectivity index (χ2v) is 3.59. The molecule has 12 heavy (non-hydrogen) atoms. The number of halogens is 1. The highest BCUT2D eigenvalue weighted by atomic mass is 35.5. The van der Waals surface area contributed by atoms with Crippen LogP contribution in [0.2, 0.25) is 5.15 Å². The standard InChI is InChI=1S/C9H11ClN2/c1-2-6-5-8(10)11-12-9(6)7-3-4-7/h5,7H,2-4H2,1H3. The molecule has 1 saturated carbocycles. The van der Waals surface area contributed by atoms with E-state index < -0.39 is 0 Å². The topological polar surface area (TPSA) is 25.8 Å². The summed E-state index contributed by atoms with van der Waals surface area (Å²) in [6, 6.07) is 1.93. The molecular weight excluding hydrogens is 172 g/mol. The molecule has 2 nitrogen and oxygen atoms in total. The third-order valence-corrected chi connectivity index (χ3v) is 2.41. The fraction of sp³-hybridized carbons (Fsp3) is 0.556. The van der Waals surface area contributed by atoms with Crippen LogP contribution in [0.4, 0.5) is 0 Å². The molecule has 0 aliphatic heterocycles. The van der Waals surface area contributed by atoms with Crippen molar-refractivity contribution in [2.24, 2.45) is 0 Å². The Balaban J connectivity index is 2.38. The van der Waals surface area contributed by atoms with E-state index in [9.17, 15) is 0 Å². The molecule has 1 fully saturated rings. The lowest BCUT2D eigenvalue weighted by Crippen LogP contribution is -1.97. The highest BCUT2D eigenvalue weighted by Gasteiger charge is 2.27. The lowest BCUT2D eigenvalue weighted by Gasteiger charge is -2.03. The molecule has 2 rings (SSSR count). The van der Waals surface area contributed by atoms with Crippen molar-refractivity contribution in [3.63, 3.8) is 0 Å². The van der Waals surface area contributed by atoms with Crippen LogP contribution in [0.5, 0.6) is 0 Å². The zero-order valence-electron chi connectivity index (χ0n) is 7.05. The maximum absolute atomic E-state index is 5.75. The molecule has 0 spiro atoms. The zero-order valence-corrected chi connectivity index (χ0v) is 7.80. The van der Waals surface area contributed by atoms with Gasteiger partial charge in [-0.25, -0.2) is 0 Å². The first-order valence-electron chi connectivity index (χ1n) is 4.33. The molecule has 1 heterocycles. The van der Waals surface area contributed by atoms with E-state index in [1.54, 1.807) is 0 Å². The van der Waals surface area contributed by atoms with Crippen LogP contribution < -0.4 is 0 Å². The second-order valence-electron chi connectivity index (χ2n) is 3.21. The molecule has 1 aromatic rings. The average Bonchev–Trinajstić information content (AvgIpc) is 2.87. The van der Waals surface area contributed by atoms with Crippen LogP contribution in [0, 0.1) is 0 Å². The summed E-state index contributed by atoms with van der Waals surface area (Å²) < 4.78 is 0. The van der Waals surface area contributed by atoms with E-state index >= 15 is 0 Å². The van der Waals surface area contributed by atoms with Gasteiger partial charge in [0.25, 0.3) is 0 Å². The van der Waals surface area contributed by atoms with Gasteiger partial charge in [-0.2, -0.15) is 5.10 Å². The number of nitrogens with zero attached hydrogens (tertiary/aromatic N) is 2. The predicted molar refractivity (Wildman–Crippen MR) is 48.4 cm³/mol. The van der Waals surface area contributed by atoms with Gasteiger partial charge in [-0.3, -0.25) is 0 Å². The molecule has 0 aromatic carbocycles. The van der Waals surface area contributed by atoms with Crippen molar-refractivity contribution in [3.05, 3.63) is 22.5 Å². The van der Waals surface area contributed by atoms with Crippen LogP contribution in [-0.4, -0.2) is 10.2 Å². The Bertz CT molecular complexity index is 295. The summed E-state index contributed by atoms with van der Waals surface area (Å²) >= 11 is 5.75. The Morgan fingerprint density at radius 2 is 2.25 bits per heavy atom. The third kappa shape index (κ3) is 1.44. The van der Waals surface area contributed by atoms with Gasteiger partial charge in [0.15, 0.2) is 5.15 Å². The van der Waals surface area contributed by atoms with Gasteiger partial charge < -0.3 is 0 Å². The summed E-state index contributed by atoms with van der Waals surface area (Å²) in [5.41, 5.74) is 2.43. The first-order chi connectivity index (χ1) is 5.81. The van der Waals surface area contributed by atoms with Crippen LogP contribution in [0.1, 0.15) is 36.9 Å². The molecule has 0 radical (unpaired) electrons. The molecule has 1 aliphatic carbocycles. The second kappa shape index (κ2) is 3.02. The Morgan fingerprint density at radius 1 is 1.50 bits per heavy atom. The van der Waals surface area contributed by atoms with Crippen molar-refractivity contribution in [2.45, 2.75) is 32.1 Å². The van der Waals surface area contributed by atoms with Gasteiger partial charge >= 0.3 is 0 Å². The SMILES string of the molecule is CCc1cc(Cl)nnc1C1CC1. The molecule has 0 N–H and O–H groups in total. The lowest BCUT2D eigenvalue weighted by molar-refractivity contribution is 0.870. The average molecular weight is 183 g/mol. The smallest absolute Gasteiger partial charge is 0.152 e. The summed E-state index contributed by atoms with van der Waals surface area (Å²) in [7, 11) is 0. The van der Waals surface area contributed by atoms with Crippen molar-refractivity contribution in [2.75, 3.05) is 0 Å². The first-order valence-corrected chi connectivity index (χ1v) is 4.71. The summed E-state index contributed by atoms with van der Waals surface area (Å²) in [4.78, 5) is 0. The van der Waals surface area contributed by atoms with E-state index in [2.05, 4.69) is 17.1 Å². The highest BCUT2D eigenvalue weighted by Crippen LogP contribution is 2.40. The van der Waals surface area contributed by atoms with E-state index in [0.29, 0.717) is 11.1 Å². The van der Waals surface area contributed by atoms with Crippen molar-refractivity contribution < 1.29 is 0 Å². The summed E-state index contributed by atoms with van der Waals surface area (Å²) in [6.07, 6.45) is 3.54. The molecule has 1 aliphatic rings. The van der Waals surface area contributed by atoms with Crippen molar-refractivity contribution in [1.29, 1.82) is 0 Å². The van der Waals surface area contributed by atoms with Gasteiger partial charge in [0.05, 0.1) is 5.69 Å². The number of aromatic nitrogens is 2. The molecule has 0 atom stereocenters. The van der Waals surface area contributed by atoms with Gasteiger partial charge in [0, 0.05) is 5.92 Å². The van der Waals surface area contributed by atoms with Gasteiger partial charge in [0.2, 0.25) is 0 Å². The first kappa shape index (κ1) is 7.99. The molecule has 0 saturated heterocycles. The Labute approximate surface area is 77.0 Å². The van der Waals surface area contributed by atoms with Crippen LogP contribution in [0.15, 0.2) is 6.07 Å². The summed E-state index contributed by atoms with van der Waals surface area (Å²) in [5, 5.41) is 8.50. The molecule has 0 unspecified atom stereocenters. The quantitative estimate of drug-likeness (QED) is 0.703. The highest BCUT2D eigenvalue weighted by molar-refractivity contribution is 6.29. The Morgan fingerprint density at radius 3 is 2.83 bits per heavy atom. The summed E-state index contributed by atoms with van der Waals surface area (Å²) in [5.74, 6) is 0.671. The minimum absolute atomic E-state index is 0.510. The van der Waals surface area contributed by atoms with E-state index in [0.717, 1.165) is 6.42 Å². The number of aryl methyl sites for hydroxylation is 1. The van der Waals surface area contributed by atoms with Gasteiger partial charge in [-0.1, -0.05) is 18.5 Å². The van der Waals surface area contributed by atoms with Crippen molar-refractivity contribution in [1.82, 2.24) is 10.2 Å². The molecule has 1 aromatic heterocycles. The zero-order chi connectivity index (χ0) is 8.55. The number of hydrogen-bond acceptors (Lipinski definition) is 2. The van der Waals surface area contributed by atoms with E-state index in [-0.39, 0.29) is 0 Å². The van der Waals surface area contributed by atoms with Crippen LogP contribution in [0.25, 0.3) is 0 Å². The minimum Gasteiger partial charge on any atom is -0.154 e. The molecule has 0 amide bonds. The van der Waals surface area contributed by atoms with Crippen molar-refractivity contribution >= 4 is 11.6 Å². The Kier molecular flexibility index (Phi) is 2.01. The Hall–Kier alpha value is -0.630. The van der Waals surface area contributed by atoms with Gasteiger partial charge in [0.1, 0.15) is 0 Å². The van der Waals surface area contributed by atoms with E-state index in [1.165, 1.54) is 24.1 Å². The summed E-state index contributed by atoms with van der Waals surface area (Å²) in [6.45, 7) is 2.12. The maximum Gasteiger partial charge on any atom is 0.152 e. The largest absolute Gasteiger partial charge is 0.154 e. The fourth-order valence-electron chi connectivity index (χ4n) is 1.40. The van der Waals surface area contributed by atoms with Gasteiger partial charge in [-0.05, 0) is 30.9 Å². The minimum atomic E-state index is 0.510. The molecule has 64 valence electrons. The monoisotopic (exact) mass is 182 g/mol. The van der Waals surface area contributed by atoms with Crippen LogP contribution in [-0.2, 0) is 6.42 Å².